The first-order valence-corrected chi connectivity index (χ1v) is 9.27. The molecule has 1 aromatic heterocycles. The molecule has 1 aliphatic rings. The number of aryl methyl sites for hydroxylation is 2. The average molecular weight is 335 g/mol. The summed E-state index contributed by atoms with van der Waals surface area (Å²) in [6.45, 7) is 1.46. The number of aliphatic hydroxyl groups is 1. The van der Waals surface area contributed by atoms with Crippen LogP contribution in [-0.2, 0) is 19.3 Å². The van der Waals surface area contributed by atoms with Crippen LogP contribution in [0.3, 0.4) is 0 Å². The van der Waals surface area contributed by atoms with Gasteiger partial charge in [-0.3, -0.25) is 0 Å². The molecule has 4 rings (SSSR count). The van der Waals surface area contributed by atoms with Gasteiger partial charge in [0, 0.05) is 17.5 Å². The third-order valence-electron chi connectivity index (χ3n) is 5.25. The van der Waals surface area contributed by atoms with Gasteiger partial charge in [-0.1, -0.05) is 36.4 Å². The van der Waals surface area contributed by atoms with Gasteiger partial charge < -0.3 is 14.8 Å². The molecule has 25 heavy (non-hydrogen) atoms. The smallest absolute Gasteiger partial charge is 0.139 e. The van der Waals surface area contributed by atoms with E-state index in [1.807, 2.05) is 24.3 Å². The highest BCUT2D eigenvalue weighted by molar-refractivity contribution is 5.80. The van der Waals surface area contributed by atoms with Gasteiger partial charge in [0.15, 0.2) is 0 Å². The maximum absolute atomic E-state index is 10.5. The number of benzene rings is 2. The highest BCUT2D eigenvalue weighted by Gasteiger charge is 2.14. The molecule has 2 aromatic carbocycles. The first kappa shape index (κ1) is 16.4. The van der Waals surface area contributed by atoms with Gasteiger partial charge in [0.1, 0.15) is 5.58 Å². The van der Waals surface area contributed by atoms with Crippen LogP contribution in [0.2, 0.25) is 0 Å². The zero-order valence-electron chi connectivity index (χ0n) is 14.5. The number of aliphatic hydroxyl groups excluding tert-OH is 1. The Bertz CT molecular complexity index is 852. The van der Waals surface area contributed by atoms with Gasteiger partial charge in [0.2, 0.25) is 0 Å². The number of hydrogen-bond acceptors (Lipinski definition) is 3. The van der Waals surface area contributed by atoms with Crippen molar-refractivity contribution in [1.29, 1.82) is 0 Å². The molecule has 0 radical (unpaired) electrons. The third-order valence-corrected chi connectivity index (χ3v) is 5.25. The molecular formula is C22H25NO2. The molecule has 0 aliphatic heterocycles. The second-order valence-electron chi connectivity index (χ2n) is 6.92. The Morgan fingerprint density at radius 3 is 2.96 bits per heavy atom. The Balaban J connectivity index is 1.27. The molecule has 0 bridgehead atoms. The van der Waals surface area contributed by atoms with Gasteiger partial charge in [-0.15, -0.1) is 0 Å². The van der Waals surface area contributed by atoms with E-state index >= 15 is 0 Å². The number of furan rings is 1. The lowest BCUT2D eigenvalue weighted by Crippen LogP contribution is -2.23. The second-order valence-corrected chi connectivity index (χ2v) is 6.92. The summed E-state index contributed by atoms with van der Waals surface area (Å²) >= 11 is 0. The van der Waals surface area contributed by atoms with Crippen LogP contribution in [0.25, 0.3) is 11.0 Å². The fraction of sp³-hybridized carbons (Fsp3) is 0.364. The summed E-state index contributed by atoms with van der Waals surface area (Å²) in [5.41, 5.74) is 6.30. The van der Waals surface area contributed by atoms with Crippen molar-refractivity contribution in [3.8, 4) is 0 Å². The van der Waals surface area contributed by atoms with Crippen molar-refractivity contribution in [1.82, 2.24) is 5.32 Å². The second kappa shape index (κ2) is 7.42. The van der Waals surface area contributed by atoms with Crippen LogP contribution in [0, 0.1) is 0 Å². The van der Waals surface area contributed by atoms with Crippen LogP contribution in [0.15, 0.2) is 53.1 Å². The van der Waals surface area contributed by atoms with E-state index in [0.717, 1.165) is 35.9 Å². The van der Waals surface area contributed by atoms with E-state index in [1.54, 1.807) is 17.4 Å². The van der Waals surface area contributed by atoms with Crippen molar-refractivity contribution in [3.63, 3.8) is 0 Å². The van der Waals surface area contributed by atoms with Crippen molar-refractivity contribution in [3.05, 3.63) is 71.0 Å². The minimum absolute atomic E-state index is 0.546. The summed E-state index contributed by atoms with van der Waals surface area (Å²) in [7, 11) is 0. The standard InChI is InChI=1S/C22H25NO2/c24-21(20-11-3-8-18-12-14-25-22(18)20)15-23-13-4-9-17-6-1-5-16-7-2-10-19(16)17/h1,3,5-6,8,11-12,14,21,23-24H,2,4,7,9-10,13,15H2. The summed E-state index contributed by atoms with van der Waals surface area (Å²) in [4.78, 5) is 0. The van der Waals surface area contributed by atoms with Gasteiger partial charge in [0.25, 0.3) is 0 Å². The Morgan fingerprint density at radius 2 is 2.00 bits per heavy atom. The molecule has 0 amide bonds. The van der Waals surface area contributed by atoms with Crippen LogP contribution in [-0.4, -0.2) is 18.2 Å². The molecule has 1 atom stereocenters. The molecule has 0 spiro atoms. The Morgan fingerprint density at radius 1 is 1.08 bits per heavy atom. The monoisotopic (exact) mass is 335 g/mol. The molecule has 2 N–H and O–H groups in total. The normalized spacial score (nSPS) is 14.8. The third kappa shape index (κ3) is 3.48. The lowest BCUT2D eigenvalue weighted by Gasteiger charge is -2.13. The Hall–Kier alpha value is -2.10. The molecular weight excluding hydrogens is 310 g/mol. The fourth-order valence-corrected chi connectivity index (χ4v) is 3.96. The van der Waals surface area contributed by atoms with Crippen molar-refractivity contribution in [2.24, 2.45) is 0 Å². The predicted octanol–water partition coefficient (Wildman–Crippen LogP) is 4.18. The van der Waals surface area contributed by atoms with E-state index in [2.05, 4.69) is 23.5 Å². The van der Waals surface area contributed by atoms with Gasteiger partial charge >= 0.3 is 0 Å². The Kier molecular flexibility index (Phi) is 4.86. The summed E-state index contributed by atoms with van der Waals surface area (Å²) in [6, 6.07) is 14.6. The quantitative estimate of drug-likeness (QED) is 0.637. The molecule has 1 aliphatic carbocycles. The van der Waals surface area contributed by atoms with Crippen molar-refractivity contribution in [2.75, 3.05) is 13.1 Å². The molecule has 0 saturated carbocycles. The molecule has 3 nitrogen and oxygen atoms in total. The largest absolute Gasteiger partial charge is 0.464 e. The molecule has 130 valence electrons. The highest BCUT2D eigenvalue weighted by atomic mass is 16.3. The zero-order valence-corrected chi connectivity index (χ0v) is 14.5. The van der Waals surface area contributed by atoms with Crippen LogP contribution in [0.4, 0.5) is 0 Å². The summed E-state index contributed by atoms with van der Waals surface area (Å²) < 4.78 is 5.51. The lowest BCUT2D eigenvalue weighted by molar-refractivity contribution is 0.175. The lowest BCUT2D eigenvalue weighted by atomic mass is 9.99. The highest BCUT2D eigenvalue weighted by Crippen LogP contribution is 2.26. The first-order valence-electron chi connectivity index (χ1n) is 9.27. The van der Waals surface area contributed by atoms with Gasteiger partial charge in [-0.05, 0) is 61.4 Å². The van der Waals surface area contributed by atoms with Crippen LogP contribution < -0.4 is 5.32 Å². The fourth-order valence-electron chi connectivity index (χ4n) is 3.96. The minimum atomic E-state index is -0.546. The maximum atomic E-state index is 10.5. The van der Waals surface area contributed by atoms with E-state index in [9.17, 15) is 5.11 Å². The first-order chi connectivity index (χ1) is 12.3. The Labute approximate surface area is 148 Å². The topological polar surface area (TPSA) is 45.4 Å². The SMILES string of the molecule is OC(CNCCCc1cccc2c1CCC2)c1cccc2ccoc12. The number of fused-ring (bicyclic) bond motifs is 2. The summed E-state index contributed by atoms with van der Waals surface area (Å²) in [6.07, 6.45) is 7.11. The van der Waals surface area contributed by atoms with E-state index < -0.39 is 6.10 Å². The van der Waals surface area contributed by atoms with Gasteiger partial charge in [0.05, 0.1) is 12.4 Å². The van der Waals surface area contributed by atoms with E-state index in [1.165, 1.54) is 24.8 Å². The predicted molar refractivity (Wildman–Crippen MR) is 101 cm³/mol. The van der Waals surface area contributed by atoms with E-state index in [0.29, 0.717) is 6.54 Å². The summed E-state index contributed by atoms with van der Waals surface area (Å²) in [5, 5.41) is 14.9. The molecule has 0 saturated heterocycles. The van der Waals surface area contributed by atoms with E-state index in [-0.39, 0.29) is 0 Å². The van der Waals surface area contributed by atoms with Crippen LogP contribution in [0.1, 0.15) is 41.2 Å². The number of hydrogen-bond donors (Lipinski definition) is 2. The maximum Gasteiger partial charge on any atom is 0.139 e. The van der Waals surface area contributed by atoms with Crippen LogP contribution in [0.5, 0.6) is 0 Å². The molecule has 1 unspecified atom stereocenters. The van der Waals surface area contributed by atoms with Gasteiger partial charge in [-0.2, -0.15) is 0 Å². The van der Waals surface area contributed by atoms with Crippen molar-refractivity contribution < 1.29 is 9.52 Å². The number of para-hydroxylation sites is 1. The van der Waals surface area contributed by atoms with Crippen LogP contribution >= 0.6 is 0 Å². The van der Waals surface area contributed by atoms with E-state index in [4.69, 9.17) is 4.42 Å². The van der Waals surface area contributed by atoms with Crippen molar-refractivity contribution >= 4 is 11.0 Å². The van der Waals surface area contributed by atoms with Gasteiger partial charge in [-0.25, -0.2) is 0 Å². The molecule has 0 fully saturated rings. The number of rotatable bonds is 7. The zero-order chi connectivity index (χ0) is 17.1. The number of nitrogens with one attached hydrogen (secondary N) is 1. The minimum Gasteiger partial charge on any atom is -0.464 e. The average Bonchev–Trinajstić information content (AvgIpc) is 3.30. The molecule has 3 heteroatoms. The summed E-state index contributed by atoms with van der Waals surface area (Å²) in [5.74, 6) is 0. The van der Waals surface area contributed by atoms with Crippen molar-refractivity contribution in [2.45, 2.75) is 38.2 Å². The molecule has 3 aromatic rings. The molecule has 1 heterocycles.